The third kappa shape index (κ3) is 18.8. The van der Waals surface area contributed by atoms with E-state index < -0.39 is 54.0 Å². The molecular formula is C32H53GaIN4O10. The second-order valence-electron chi connectivity index (χ2n) is 12.7. The number of hydrogen-bond acceptors (Lipinski definition) is 10. The molecule has 0 aliphatic heterocycles. The number of aldehydes is 2. The minimum Gasteiger partial charge on any atom is -0.465 e. The van der Waals surface area contributed by atoms with Gasteiger partial charge < -0.3 is 19.6 Å². The fourth-order valence-electron chi connectivity index (χ4n) is 5.17. The number of unbranched alkanes of at least 4 members (excludes halogenated alkanes) is 3. The topological polar surface area (TPSA) is 202 Å². The molecule has 2 atom stereocenters. The zero-order chi connectivity index (χ0) is 37.6. The number of esters is 1. The molecule has 0 spiro atoms. The van der Waals surface area contributed by atoms with Gasteiger partial charge in [0.1, 0.15) is 12.6 Å². The summed E-state index contributed by atoms with van der Waals surface area (Å²) in [4.78, 5) is 104. The smallest absolute Gasteiger partial charge is 0.311 e. The quantitative estimate of drug-likeness (QED) is 0.0507. The maximum Gasteiger partial charge on any atom is 0.311 e. The first-order valence-corrected chi connectivity index (χ1v) is 24.5. The molecule has 14 nitrogen and oxygen atoms in total. The van der Waals surface area contributed by atoms with E-state index >= 15 is 0 Å². The van der Waals surface area contributed by atoms with Gasteiger partial charge >= 0.3 is 134 Å². The van der Waals surface area contributed by atoms with Gasteiger partial charge in [-0.05, 0) is 26.2 Å². The van der Waals surface area contributed by atoms with Gasteiger partial charge in [0.15, 0.2) is 0 Å². The number of nitrogens with one attached hydrogen (secondary N) is 3. The SMILES string of the molecule is CC(=O)N(C(C)=O)C(C)=O.CCC(C)(CC(C)(CC(C)(C)C(=O)NCCCCCC(=O)[NH][Ga][I])C(=O)OCCCC=O)C(=O)NCC=O. The number of hydrogen-bond donors (Lipinski definition) is 3. The predicted molar refractivity (Wildman–Crippen MR) is 188 cm³/mol. The normalized spacial score (nSPS) is 13.1. The van der Waals surface area contributed by atoms with Crippen molar-refractivity contribution in [3.8, 4) is 0 Å². The zero-order valence-corrected chi connectivity index (χ0v) is 34.2. The molecule has 0 aromatic carbocycles. The van der Waals surface area contributed by atoms with Crippen molar-refractivity contribution in [3.05, 3.63) is 0 Å². The summed E-state index contributed by atoms with van der Waals surface area (Å²) in [6, 6.07) is 0. The van der Waals surface area contributed by atoms with Crippen LogP contribution in [0.15, 0.2) is 0 Å². The van der Waals surface area contributed by atoms with Gasteiger partial charge in [-0.25, -0.2) is 4.90 Å². The third-order valence-electron chi connectivity index (χ3n) is 7.62. The average Bonchev–Trinajstić information content (AvgIpc) is 2.98. The molecule has 0 aliphatic rings. The number of halogens is 1. The van der Waals surface area contributed by atoms with Crippen LogP contribution in [0.5, 0.6) is 0 Å². The Hall–Kier alpha value is -2.60. The minimum absolute atomic E-state index is 0.0677. The first kappa shape index (κ1) is 47.5. The largest absolute Gasteiger partial charge is 0.465 e. The van der Waals surface area contributed by atoms with Crippen LogP contribution in [0.4, 0.5) is 0 Å². The first-order valence-electron chi connectivity index (χ1n) is 15.9. The van der Waals surface area contributed by atoms with Crippen molar-refractivity contribution >= 4 is 87.8 Å². The molecule has 0 saturated heterocycles. The Bertz CT molecular complexity index is 1100. The monoisotopic (exact) mass is 849 g/mol. The van der Waals surface area contributed by atoms with Crippen molar-refractivity contribution in [3.63, 3.8) is 0 Å². The van der Waals surface area contributed by atoms with Crippen LogP contribution >= 0.6 is 19.7 Å². The van der Waals surface area contributed by atoms with E-state index in [-0.39, 0.29) is 50.1 Å². The molecule has 48 heavy (non-hydrogen) atoms. The molecule has 3 N–H and O–H groups in total. The molecule has 2 unspecified atom stereocenters. The molecule has 0 fully saturated rings. The van der Waals surface area contributed by atoms with Gasteiger partial charge in [0.2, 0.25) is 23.6 Å². The molecule has 0 saturated carbocycles. The molecule has 0 bridgehead atoms. The molecule has 16 heteroatoms. The number of nitrogens with zero attached hydrogens (tertiary/aromatic N) is 1. The van der Waals surface area contributed by atoms with Crippen molar-refractivity contribution in [2.75, 3.05) is 19.7 Å². The number of carbonyl (C=O) groups excluding carboxylic acids is 9. The Morgan fingerprint density at radius 2 is 1.35 bits per heavy atom. The summed E-state index contributed by atoms with van der Waals surface area (Å²) in [6.45, 7) is 12.7. The van der Waals surface area contributed by atoms with Crippen molar-refractivity contribution in [2.45, 2.75) is 113 Å². The van der Waals surface area contributed by atoms with E-state index in [0.717, 1.165) is 25.5 Å². The summed E-state index contributed by atoms with van der Waals surface area (Å²) < 4.78 is 8.40. The van der Waals surface area contributed by atoms with Gasteiger partial charge in [0.05, 0.1) is 13.2 Å². The molecule has 0 aromatic rings. The fourth-order valence-corrected chi connectivity index (χ4v) is 7.53. The van der Waals surface area contributed by atoms with Gasteiger partial charge in [-0.15, -0.1) is 0 Å². The Morgan fingerprint density at radius 1 is 0.771 bits per heavy atom. The van der Waals surface area contributed by atoms with Gasteiger partial charge in [0, 0.05) is 32.6 Å². The first-order chi connectivity index (χ1) is 22.3. The van der Waals surface area contributed by atoms with Crippen LogP contribution in [-0.2, 0) is 47.9 Å². The van der Waals surface area contributed by atoms with Crippen LogP contribution in [0.3, 0.4) is 0 Å². The van der Waals surface area contributed by atoms with Crippen LogP contribution in [-0.4, -0.2) is 92.7 Å². The third-order valence-corrected chi connectivity index (χ3v) is 10.1. The average molecular weight is 850 g/mol. The summed E-state index contributed by atoms with van der Waals surface area (Å²) in [7, 11) is 0. The molecule has 0 rings (SSSR count). The fraction of sp³-hybridized carbons (Fsp3) is 0.719. The van der Waals surface area contributed by atoms with E-state index in [9.17, 15) is 43.2 Å². The molecule has 1 radical (unpaired) electrons. The van der Waals surface area contributed by atoms with Gasteiger partial charge in [-0.1, -0.05) is 13.8 Å². The van der Waals surface area contributed by atoms with Crippen molar-refractivity contribution < 1.29 is 47.9 Å². The van der Waals surface area contributed by atoms with Crippen LogP contribution in [0.1, 0.15) is 113 Å². The molecular weight excluding hydrogens is 797 g/mol. The summed E-state index contributed by atoms with van der Waals surface area (Å²) >= 11 is 1.57. The van der Waals surface area contributed by atoms with E-state index in [0.29, 0.717) is 37.0 Å². The number of imide groups is 3. The van der Waals surface area contributed by atoms with Crippen LogP contribution < -0.4 is 14.7 Å². The van der Waals surface area contributed by atoms with Crippen LogP contribution in [0.25, 0.3) is 0 Å². The maximum absolute atomic E-state index is 13.3. The molecule has 6 amide bonds. The van der Waals surface area contributed by atoms with Crippen molar-refractivity contribution in [1.82, 2.24) is 19.6 Å². The Balaban J connectivity index is 0. The maximum atomic E-state index is 13.3. The van der Waals surface area contributed by atoms with Crippen molar-refractivity contribution in [1.29, 1.82) is 0 Å². The van der Waals surface area contributed by atoms with E-state index in [2.05, 4.69) is 34.3 Å². The van der Waals surface area contributed by atoms with Crippen molar-refractivity contribution in [2.24, 2.45) is 16.2 Å². The molecule has 0 aromatic heterocycles. The zero-order valence-electron chi connectivity index (χ0n) is 29.6. The summed E-state index contributed by atoms with van der Waals surface area (Å²) in [6.07, 6.45) is 5.48. The Morgan fingerprint density at radius 3 is 1.81 bits per heavy atom. The number of ether oxygens (including phenoxy) is 1. The van der Waals surface area contributed by atoms with E-state index in [1.807, 2.05) is 6.92 Å². The summed E-state index contributed by atoms with van der Waals surface area (Å²) in [5.74, 6) is -2.62. The molecule has 0 aliphatic carbocycles. The van der Waals surface area contributed by atoms with Gasteiger partial charge in [0.25, 0.3) is 0 Å². The second kappa shape index (κ2) is 24.5. The second-order valence-corrected chi connectivity index (χ2v) is 17.0. The molecule has 0 heterocycles. The number of amides is 6. The predicted octanol–water partition coefficient (Wildman–Crippen LogP) is 2.74. The summed E-state index contributed by atoms with van der Waals surface area (Å²) in [5.41, 5.74) is -3.10. The van der Waals surface area contributed by atoms with Crippen LogP contribution in [0.2, 0.25) is 0 Å². The Labute approximate surface area is 302 Å². The summed E-state index contributed by atoms with van der Waals surface area (Å²) in [5, 5.41) is 5.53. The standard InChI is InChI=1S/C26H45N3O7.C6H9NO3.Ga.HI/c1-6-25(4,22(34)29-14-16-31)19-26(5,23(35)36-17-11-10-15-30)18-24(2,3)21(33)28-13-9-7-8-12-20(27)32;1-4(8)7(5(2)9)6(3)10;;/h15-16H,6-14,17-19H2,1-5H3,(H4,27,28,29,32,33,34);1-3H3;;1H/q;;+2;/p-2. The number of rotatable bonds is 21. The van der Waals surface area contributed by atoms with Gasteiger partial charge in [-0.2, -0.15) is 0 Å². The number of carbonyl (C=O) groups is 9. The van der Waals surface area contributed by atoms with E-state index in [4.69, 9.17) is 4.74 Å². The van der Waals surface area contributed by atoms with E-state index in [1.54, 1.807) is 27.7 Å². The van der Waals surface area contributed by atoms with E-state index in [1.165, 1.54) is 20.8 Å². The molecule has 271 valence electrons. The Kier molecular flexibility index (Phi) is 24.3. The minimum atomic E-state index is -1.18. The van der Waals surface area contributed by atoms with Gasteiger partial charge in [-0.3, -0.25) is 24.0 Å². The van der Waals surface area contributed by atoms with Crippen LogP contribution in [0, 0.1) is 16.2 Å².